The monoisotopic (exact) mass is 283 g/mol. The third-order valence-electron chi connectivity index (χ3n) is 3.22. The SMILES string of the molecule is CC(=O)c1ccc(S(=O)(=O)NCC(O)C2CC2)cc1. The van der Waals surface area contributed by atoms with E-state index >= 15 is 0 Å². The van der Waals surface area contributed by atoms with Gasteiger partial charge in [0, 0.05) is 12.1 Å². The van der Waals surface area contributed by atoms with E-state index in [9.17, 15) is 18.3 Å². The first kappa shape index (κ1) is 14.2. The summed E-state index contributed by atoms with van der Waals surface area (Å²) in [4.78, 5) is 11.2. The summed E-state index contributed by atoms with van der Waals surface area (Å²) in [6.07, 6.45) is 1.29. The molecule has 0 saturated heterocycles. The van der Waals surface area contributed by atoms with Crippen molar-refractivity contribution in [1.29, 1.82) is 0 Å². The number of aliphatic hydroxyl groups is 1. The molecule has 1 unspecified atom stereocenters. The number of hydrogen-bond acceptors (Lipinski definition) is 4. The lowest BCUT2D eigenvalue weighted by Gasteiger charge is -2.11. The summed E-state index contributed by atoms with van der Waals surface area (Å²) in [5.74, 6) is 0.115. The molecule has 6 heteroatoms. The highest BCUT2D eigenvalue weighted by molar-refractivity contribution is 7.89. The Morgan fingerprint density at radius 3 is 2.42 bits per heavy atom. The van der Waals surface area contributed by atoms with Crippen molar-refractivity contribution in [3.63, 3.8) is 0 Å². The van der Waals surface area contributed by atoms with Crippen LogP contribution in [-0.2, 0) is 10.0 Å². The second-order valence-corrected chi connectivity index (χ2v) is 6.60. The maximum absolute atomic E-state index is 12.0. The van der Waals surface area contributed by atoms with E-state index in [1.54, 1.807) is 0 Å². The summed E-state index contributed by atoms with van der Waals surface area (Å²) in [6, 6.07) is 5.74. The molecule has 0 radical (unpaired) electrons. The van der Waals surface area contributed by atoms with Crippen LogP contribution in [0.1, 0.15) is 30.1 Å². The number of Topliss-reactive ketones (excluding diaryl/α,β-unsaturated/α-hetero) is 1. The number of benzene rings is 1. The van der Waals surface area contributed by atoms with Crippen LogP contribution in [0.3, 0.4) is 0 Å². The number of sulfonamides is 1. The minimum Gasteiger partial charge on any atom is -0.391 e. The normalized spacial score (nSPS) is 17.2. The Labute approximate surface area is 112 Å². The second kappa shape index (κ2) is 5.40. The third kappa shape index (κ3) is 3.62. The average Bonchev–Trinajstić information content (AvgIpc) is 3.20. The van der Waals surface area contributed by atoms with Gasteiger partial charge in [-0.25, -0.2) is 13.1 Å². The maximum atomic E-state index is 12.0. The van der Waals surface area contributed by atoms with Crippen molar-refractivity contribution in [2.75, 3.05) is 6.54 Å². The largest absolute Gasteiger partial charge is 0.391 e. The molecule has 1 saturated carbocycles. The summed E-state index contributed by atoms with van der Waals surface area (Å²) in [6.45, 7) is 1.45. The first-order valence-corrected chi connectivity index (χ1v) is 7.67. The van der Waals surface area contributed by atoms with Crippen LogP contribution in [0, 0.1) is 5.92 Å². The molecule has 1 fully saturated rings. The van der Waals surface area contributed by atoms with Crippen molar-refractivity contribution in [1.82, 2.24) is 4.72 Å². The lowest BCUT2D eigenvalue weighted by atomic mass is 10.2. The first-order chi connectivity index (χ1) is 8.90. The minimum absolute atomic E-state index is 0.0292. The van der Waals surface area contributed by atoms with Gasteiger partial charge in [0.2, 0.25) is 10.0 Å². The van der Waals surface area contributed by atoms with Crippen molar-refractivity contribution in [3.05, 3.63) is 29.8 Å². The summed E-state index contributed by atoms with van der Waals surface area (Å²) in [7, 11) is -3.62. The van der Waals surface area contributed by atoms with E-state index < -0.39 is 16.1 Å². The lowest BCUT2D eigenvalue weighted by molar-refractivity contribution is 0.101. The molecule has 1 aromatic carbocycles. The van der Waals surface area contributed by atoms with E-state index in [4.69, 9.17) is 0 Å². The smallest absolute Gasteiger partial charge is 0.240 e. The number of ketones is 1. The van der Waals surface area contributed by atoms with Crippen LogP contribution in [0.2, 0.25) is 0 Å². The molecule has 0 heterocycles. The van der Waals surface area contributed by atoms with E-state index in [1.807, 2.05) is 0 Å². The molecular formula is C13H17NO4S. The van der Waals surface area contributed by atoms with Crippen LogP contribution in [-0.4, -0.2) is 32.0 Å². The van der Waals surface area contributed by atoms with Gasteiger partial charge < -0.3 is 5.11 Å². The van der Waals surface area contributed by atoms with E-state index in [1.165, 1.54) is 31.2 Å². The van der Waals surface area contributed by atoms with Gasteiger partial charge in [-0.05, 0) is 37.8 Å². The highest BCUT2D eigenvalue weighted by Crippen LogP contribution is 2.32. The molecule has 0 bridgehead atoms. The van der Waals surface area contributed by atoms with Crippen LogP contribution in [0.25, 0.3) is 0 Å². The van der Waals surface area contributed by atoms with Gasteiger partial charge in [0.25, 0.3) is 0 Å². The van der Waals surface area contributed by atoms with Crippen LogP contribution in [0.15, 0.2) is 29.2 Å². The molecule has 5 nitrogen and oxygen atoms in total. The highest BCUT2D eigenvalue weighted by Gasteiger charge is 2.30. The summed E-state index contributed by atoms with van der Waals surface area (Å²) in [5, 5.41) is 9.64. The molecule has 1 aliphatic carbocycles. The molecule has 0 amide bonds. The zero-order chi connectivity index (χ0) is 14.0. The van der Waals surface area contributed by atoms with Gasteiger partial charge in [0.05, 0.1) is 11.0 Å². The molecular weight excluding hydrogens is 266 g/mol. The summed E-state index contributed by atoms with van der Waals surface area (Å²) < 4.78 is 26.3. The zero-order valence-corrected chi connectivity index (χ0v) is 11.5. The van der Waals surface area contributed by atoms with Crippen LogP contribution < -0.4 is 4.72 Å². The molecule has 0 aliphatic heterocycles. The maximum Gasteiger partial charge on any atom is 0.240 e. The van der Waals surface area contributed by atoms with Gasteiger partial charge in [0.15, 0.2) is 5.78 Å². The van der Waals surface area contributed by atoms with Crippen LogP contribution in [0.4, 0.5) is 0 Å². The zero-order valence-electron chi connectivity index (χ0n) is 10.7. The fourth-order valence-electron chi connectivity index (χ4n) is 1.79. The standard InChI is InChI=1S/C13H17NO4S/c1-9(15)10-4-6-12(7-5-10)19(17,18)14-8-13(16)11-2-3-11/h4-7,11,13-14,16H,2-3,8H2,1H3. The number of aliphatic hydroxyl groups excluding tert-OH is 1. The number of nitrogens with one attached hydrogen (secondary N) is 1. The van der Waals surface area contributed by atoms with E-state index in [-0.39, 0.29) is 23.1 Å². The predicted molar refractivity (Wildman–Crippen MR) is 70.4 cm³/mol. The Morgan fingerprint density at radius 1 is 1.37 bits per heavy atom. The molecule has 2 rings (SSSR count). The average molecular weight is 283 g/mol. The fourth-order valence-corrected chi connectivity index (χ4v) is 2.85. The van der Waals surface area contributed by atoms with E-state index in [0.717, 1.165) is 12.8 Å². The number of carbonyl (C=O) groups is 1. The molecule has 1 aliphatic rings. The second-order valence-electron chi connectivity index (χ2n) is 4.84. The van der Waals surface area contributed by atoms with E-state index in [2.05, 4.69) is 4.72 Å². The molecule has 1 atom stereocenters. The van der Waals surface area contributed by atoms with Crippen molar-refractivity contribution < 1.29 is 18.3 Å². The lowest BCUT2D eigenvalue weighted by Crippen LogP contribution is -2.33. The molecule has 0 aromatic heterocycles. The quantitative estimate of drug-likeness (QED) is 0.761. The molecule has 19 heavy (non-hydrogen) atoms. The van der Waals surface area contributed by atoms with Crippen LogP contribution >= 0.6 is 0 Å². The Morgan fingerprint density at radius 2 is 1.95 bits per heavy atom. The van der Waals surface area contributed by atoms with Crippen molar-refractivity contribution in [2.45, 2.75) is 30.8 Å². The van der Waals surface area contributed by atoms with Gasteiger partial charge in [0.1, 0.15) is 0 Å². The summed E-state index contributed by atoms with van der Waals surface area (Å²) >= 11 is 0. The topological polar surface area (TPSA) is 83.5 Å². The van der Waals surface area contributed by atoms with Gasteiger partial charge in [-0.2, -0.15) is 0 Å². The Hall–Kier alpha value is -1.24. The van der Waals surface area contributed by atoms with Gasteiger partial charge >= 0.3 is 0 Å². The molecule has 1 aromatic rings. The highest BCUT2D eigenvalue weighted by atomic mass is 32.2. The fraction of sp³-hybridized carbons (Fsp3) is 0.462. The predicted octanol–water partition coefficient (Wildman–Crippen LogP) is 0.938. The summed E-state index contributed by atoms with van der Waals surface area (Å²) in [5.41, 5.74) is 0.469. The minimum atomic E-state index is -3.62. The van der Waals surface area contributed by atoms with Crippen LogP contribution in [0.5, 0.6) is 0 Å². The van der Waals surface area contributed by atoms with Crippen molar-refractivity contribution in [3.8, 4) is 0 Å². The molecule has 104 valence electrons. The third-order valence-corrected chi connectivity index (χ3v) is 4.66. The van der Waals surface area contributed by atoms with Gasteiger partial charge in [-0.3, -0.25) is 4.79 Å². The van der Waals surface area contributed by atoms with Gasteiger partial charge in [-0.15, -0.1) is 0 Å². The van der Waals surface area contributed by atoms with Crippen molar-refractivity contribution in [2.24, 2.45) is 5.92 Å². The van der Waals surface area contributed by atoms with E-state index in [0.29, 0.717) is 5.56 Å². The number of rotatable bonds is 6. The number of hydrogen-bond donors (Lipinski definition) is 2. The van der Waals surface area contributed by atoms with Crippen molar-refractivity contribution >= 4 is 15.8 Å². The Bertz CT molecular complexity index is 561. The van der Waals surface area contributed by atoms with Gasteiger partial charge in [-0.1, -0.05) is 12.1 Å². The molecule has 0 spiro atoms. The number of carbonyl (C=O) groups excluding carboxylic acids is 1. The molecule has 2 N–H and O–H groups in total. The Balaban J connectivity index is 2.03. The first-order valence-electron chi connectivity index (χ1n) is 6.19. The Kier molecular flexibility index (Phi) is 4.03.